The van der Waals surface area contributed by atoms with Crippen molar-refractivity contribution < 1.29 is 17.9 Å². The zero-order chi connectivity index (χ0) is 13.9. The first-order valence-electron chi connectivity index (χ1n) is 5.87. The van der Waals surface area contributed by atoms with Crippen LogP contribution in [0, 0.1) is 17.5 Å². The van der Waals surface area contributed by atoms with Crippen LogP contribution >= 0.6 is 0 Å². The van der Waals surface area contributed by atoms with Crippen molar-refractivity contribution in [3.05, 3.63) is 35.1 Å². The van der Waals surface area contributed by atoms with Crippen molar-refractivity contribution in [2.75, 3.05) is 7.11 Å². The molecule has 1 atom stereocenters. The fourth-order valence-electron chi connectivity index (χ4n) is 2.17. The van der Waals surface area contributed by atoms with E-state index in [0.29, 0.717) is 12.8 Å². The van der Waals surface area contributed by atoms with Crippen molar-refractivity contribution in [2.45, 2.75) is 38.3 Å². The number of rotatable bonds is 5. The summed E-state index contributed by atoms with van der Waals surface area (Å²) >= 11 is 0. The third kappa shape index (κ3) is 2.37. The van der Waals surface area contributed by atoms with E-state index in [1.165, 1.54) is 7.11 Å². The molecule has 0 bridgehead atoms. The highest BCUT2D eigenvalue weighted by Gasteiger charge is 2.36. The lowest BCUT2D eigenvalue weighted by atomic mass is 9.84. The molecule has 2 nitrogen and oxygen atoms in total. The van der Waals surface area contributed by atoms with Gasteiger partial charge in [0.15, 0.2) is 17.5 Å². The summed E-state index contributed by atoms with van der Waals surface area (Å²) in [5.74, 6) is -3.97. The molecule has 1 unspecified atom stereocenters. The van der Waals surface area contributed by atoms with Crippen LogP contribution in [-0.2, 0) is 4.74 Å². The number of methoxy groups -OCH3 is 1. The van der Waals surface area contributed by atoms with Crippen LogP contribution in [0.2, 0.25) is 0 Å². The Bertz CT molecular complexity index is 411. The van der Waals surface area contributed by atoms with Gasteiger partial charge in [-0.3, -0.25) is 0 Å². The number of benzene rings is 1. The molecule has 0 aliphatic rings. The highest BCUT2D eigenvalue weighted by Crippen LogP contribution is 2.34. The maximum absolute atomic E-state index is 13.7. The number of ether oxygens (including phenoxy) is 1. The smallest absolute Gasteiger partial charge is 0.194 e. The predicted molar refractivity (Wildman–Crippen MR) is 63.6 cm³/mol. The Labute approximate surface area is 105 Å². The molecular formula is C13H18F3NO. The molecule has 1 aromatic carbocycles. The number of nitrogens with two attached hydrogens (primary N) is 1. The Morgan fingerprint density at radius 3 is 2.17 bits per heavy atom. The van der Waals surface area contributed by atoms with E-state index in [0.717, 1.165) is 12.1 Å². The zero-order valence-corrected chi connectivity index (χ0v) is 10.8. The van der Waals surface area contributed by atoms with E-state index in [4.69, 9.17) is 10.5 Å². The van der Waals surface area contributed by atoms with Gasteiger partial charge in [0.25, 0.3) is 0 Å². The van der Waals surface area contributed by atoms with Crippen LogP contribution in [0.5, 0.6) is 0 Å². The summed E-state index contributed by atoms with van der Waals surface area (Å²) in [6.45, 7) is 3.70. The molecule has 0 aliphatic carbocycles. The lowest BCUT2D eigenvalue weighted by molar-refractivity contribution is -0.0394. The first kappa shape index (κ1) is 15.0. The molecule has 0 aliphatic heterocycles. The van der Waals surface area contributed by atoms with Crippen molar-refractivity contribution in [3.8, 4) is 0 Å². The minimum Gasteiger partial charge on any atom is -0.376 e. The molecule has 2 N–H and O–H groups in total. The van der Waals surface area contributed by atoms with Gasteiger partial charge in [-0.2, -0.15) is 0 Å². The standard InChI is InChI=1S/C13H18F3NO/c1-4-13(5-2,18-3)12(17)8-6-7-9(14)11(16)10(8)15/h6-7,12H,4-5,17H2,1-3H3. The lowest BCUT2D eigenvalue weighted by Gasteiger charge is -2.36. The van der Waals surface area contributed by atoms with E-state index < -0.39 is 29.1 Å². The minimum absolute atomic E-state index is 0.0700. The van der Waals surface area contributed by atoms with Gasteiger partial charge < -0.3 is 10.5 Å². The summed E-state index contributed by atoms with van der Waals surface area (Å²) in [7, 11) is 1.48. The van der Waals surface area contributed by atoms with Gasteiger partial charge >= 0.3 is 0 Å². The van der Waals surface area contributed by atoms with Gasteiger partial charge in [0.05, 0.1) is 11.6 Å². The first-order valence-corrected chi connectivity index (χ1v) is 5.87. The van der Waals surface area contributed by atoms with Gasteiger partial charge in [-0.05, 0) is 18.9 Å². The summed E-state index contributed by atoms with van der Waals surface area (Å²) in [6.07, 6.45) is 1.08. The first-order chi connectivity index (χ1) is 8.43. The van der Waals surface area contributed by atoms with E-state index in [2.05, 4.69) is 0 Å². The summed E-state index contributed by atoms with van der Waals surface area (Å²) in [4.78, 5) is 0. The van der Waals surface area contributed by atoms with E-state index in [9.17, 15) is 13.2 Å². The van der Waals surface area contributed by atoms with Gasteiger partial charge in [-0.15, -0.1) is 0 Å². The van der Waals surface area contributed by atoms with E-state index in [-0.39, 0.29) is 5.56 Å². The molecule has 1 aromatic rings. The average molecular weight is 261 g/mol. The molecule has 5 heteroatoms. The molecule has 0 fully saturated rings. The Morgan fingerprint density at radius 2 is 1.72 bits per heavy atom. The molecule has 18 heavy (non-hydrogen) atoms. The Morgan fingerprint density at radius 1 is 1.17 bits per heavy atom. The van der Waals surface area contributed by atoms with Crippen molar-refractivity contribution >= 4 is 0 Å². The normalized spacial score (nSPS) is 13.7. The second-order valence-corrected chi connectivity index (χ2v) is 4.22. The Balaban J connectivity index is 3.25. The van der Waals surface area contributed by atoms with Gasteiger partial charge in [-0.1, -0.05) is 19.9 Å². The lowest BCUT2D eigenvalue weighted by Crippen LogP contribution is -2.42. The largest absolute Gasteiger partial charge is 0.376 e. The highest BCUT2D eigenvalue weighted by molar-refractivity contribution is 5.26. The average Bonchev–Trinajstić information content (AvgIpc) is 2.39. The van der Waals surface area contributed by atoms with Crippen LogP contribution < -0.4 is 5.73 Å². The molecular weight excluding hydrogens is 243 g/mol. The minimum atomic E-state index is -1.50. The van der Waals surface area contributed by atoms with E-state index >= 15 is 0 Å². The van der Waals surface area contributed by atoms with Crippen LogP contribution in [0.1, 0.15) is 38.3 Å². The molecule has 102 valence electrons. The fourth-order valence-corrected chi connectivity index (χ4v) is 2.17. The third-order valence-electron chi connectivity index (χ3n) is 3.57. The Hall–Kier alpha value is -1.07. The van der Waals surface area contributed by atoms with Gasteiger partial charge in [-0.25, -0.2) is 13.2 Å². The van der Waals surface area contributed by atoms with Crippen molar-refractivity contribution in [2.24, 2.45) is 5.73 Å². The highest BCUT2D eigenvalue weighted by atomic mass is 19.2. The molecule has 0 spiro atoms. The van der Waals surface area contributed by atoms with Crippen molar-refractivity contribution in [1.29, 1.82) is 0 Å². The Kier molecular flexibility index (Phi) is 4.76. The topological polar surface area (TPSA) is 35.2 Å². The number of hydrogen-bond acceptors (Lipinski definition) is 2. The van der Waals surface area contributed by atoms with Crippen molar-refractivity contribution in [3.63, 3.8) is 0 Å². The summed E-state index contributed by atoms with van der Waals surface area (Å²) in [6, 6.07) is 1.18. The quantitative estimate of drug-likeness (QED) is 0.825. The molecule has 1 rings (SSSR count). The van der Waals surface area contributed by atoms with Crippen LogP contribution in [0.25, 0.3) is 0 Å². The molecule has 0 radical (unpaired) electrons. The van der Waals surface area contributed by atoms with E-state index in [1.807, 2.05) is 13.8 Å². The molecule has 0 aromatic heterocycles. The van der Waals surface area contributed by atoms with Crippen molar-refractivity contribution in [1.82, 2.24) is 0 Å². The number of hydrogen-bond donors (Lipinski definition) is 1. The van der Waals surface area contributed by atoms with Gasteiger partial charge in [0.2, 0.25) is 0 Å². The molecule has 0 amide bonds. The number of halogens is 3. The molecule has 0 saturated heterocycles. The van der Waals surface area contributed by atoms with Crippen LogP contribution in [0.3, 0.4) is 0 Å². The van der Waals surface area contributed by atoms with Crippen LogP contribution in [0.15, 0.2) is 12.1 Å². The van der Waals surface area contributed by atoms with Gasteiger partial charge in [0, 0.05) is 12.7 Å². The SMILES string of the molecule is CCC(CC)(OC)C(N)c1ccc(F)c(F)c1F. The van der Waals surface area contributed by atoms with E-state index in [1.54, 1.807) is 0 Å². The fraction of sp³-hybridized carbons (Fsp3) is 0.538. The predicted octanol–water partition coefficient (Wildman–Crippen LogP) is 3.31. The molecule has 0 saturated carbocycles. The summed E-state index contributed by atoms with van der Waals surface area (Å²) in [5, 5.41) is 0. The summed E-state index contributed by atoms with van der Waals surface area (Å²) < 4.78 is 45.2. The van der Waals surface area contributed by atoms with Gasteiger partial charge in [0.1, 0.15) is 0 Å². The second kappa shape index (κ2) is 5.71. The monoisotopic (exact) mass is 261 g/mol. The molecule has 0 heterocycles. The zero-order valence-electron chi connectivity index (χ0n) is 10.8. The maximum atomic E-state index is 13.7. The summed E-state index contributed by atoms with van der Waals surface area (Å²) in [5.41, 5.74) is 5.11. The van der Waals surface area contributed by atoms with Crippen LogP contribution in [-0.4, -0.2) is 12.7 Å². The maximum Gasteiger partial charge on any atom is 0.194 e. The third-order valence-corrected chi connectivity index (χ3v) is 3.57. The van der Waals surface area contributed by atoms with Crippen LogP contribution in [0.4, 0.5) is 13.2 Å². The second-order valence-electron chi connectivity index (χ2n) is 4.22.